The molecule has 2 aromatic carbocycles. The number of likely N-dealkylation sites (tertiary alicyclic amines) is 1. The second-order valence-corrected chi connectivity index (χ2v) is 9.20. The number of aliphatic hydroxyl groups is 1. The number of nitrogens with zero attached hydrogens (tertiary/aromatic N) is 1. The van der Waals surface area contributed by atoms with E-state index in [0.717, 1.165) is 18.4 Å². The van der Waals surface area contributed by atoms with Crippen LogP contribution in [0, 0.1) is 0 Å². The van der Waals surface area contributed by atoms with Gasteiger partial charge in [-0.25, -0.2) is 0 Å². The molecule has 0 saturated carbocycles. The van der Waals surface area contributed by atoms with Gasteiger partial charge in [0.2, 0.25) is 0 Å². The van der Waals surface area contributed by atoms with Crippen LogP contribution in [0.4, 0.5) is 0 Å². The van der Waals surface area contributed by atoms with E-state index in [4.69, 9.17) is 0 Å². The summed E-state index contributed by atoms with van der Waals surface area (Å²) >= 11 is 0. The zero-order valence-corrected chi connectivity index (χ0v) is 19.3. The van der Waals surface area contributed by atoms with Crippen LogP contribution in [0.15, 0.2) is 54.6 Å². The fourth-order valence-electron chi connectivity index (χ4n) is 4.87. The largest absolute Gasteiger partial charge is 0.391 e. The Hall–Kier alpha value is -1.97. The first-order valence-electron chi connectivity index (χ1n) is 12.2. The van der Waals surface area contributed by atoms with Gasteiger partial charge in [-0.1, -0.05) is 106 Å². The van der Waals surface area contributed by atoms with Crippen LogP contribution in [-0.2, 0) is 6.42 Å². The van der Waals surface area contributed by atoms with Gasteiger partial charge in [-0.05, 0) is 31.9 Å². The molecule has 1 fully saturated rings. The molecule has 1 N–H and O–H groups in total. The molecule has 31 heavy (non-hydrogen) atoms. The molecule has 1 heterocycles. The molecule has 168 valence electrons. The van der Waals surface area contributed by atoms with Crippen LogP contribution in [0.3, 0.4) is 0 Å². The molecule has 0 bridgehead atoms. The summed E-state index contributed by atoms with van der Waals surface area (Å²) in [5.41, 5.74) is 2.61. The molecule has 0 unspecified atom stereocenters. The fourth-order valence-corrected chi connectivity index (χ4v) is 4.87. The average molecular weight is 422 g/mol. The SMILES string of the molecule is CCCCCCCCC[C@@H]1C[C@H](O)[C@H](Cc2ccc(C(=O)c3ccccc3)cc2)N1C. The van der Waals surface area contributed by atoms with E-state index in [1.807, 2.05) is 54.6 Å². The number of aliphatic hydroxyl groups excluding tert-OH is 1. The highest BCUT2D eigenvalue weighted by molar-refractivity contribution is 6.08. The first kappa shape index (κ1) is 23.7. The quantitative estimate of drug-likeness (QED) is 0.336. The van der Waals surface area contributed by atoms with E-state index in [1.54, 1.807) is 0 Å². The summed E-state index contributed by atoms with van der Waals surface area (Å²) in [5.74, 6) is 0.0555. The topological polar surface area (TPSA) is 40.5 Å². The molecular formula is C28H39NO2. The molecule has 0 aromatic heterocycles. The minimum atomic E-state index is -0.273. The third-order valence-corrected chi connectivity index (χ3v) is 6.89. The van der Waals surface area contributed by atoms with E-state index < -0.39 is 0 Å². The van der Waals surface area contributed by atoms with Crippen molar-refractivity contribution < 1.29 is 9.90 Å². The number of carbonyl (C=O) groups excluding carboxylic acids is 1. The molecule has 0 aliphatic carbocycles. The zero-order chi connectivity index (χ0) is 22.1. The second kappa shape index (κ2) is 12.2. The number of hydrogen-bond acceptors (Lipinski definition) is 3. The van der Waals surface area contributed by atoms with Gasteiger partial charge in [-0.3, -0.25) is 9.69 Å². The molecule has 1 aliphatic heterocycles. The highest BCUT2D eigenvalue weighted by atomic mass is 16.3. The van der Waals surface area contributed by atoms with Crippen LogP contribution >= 0.6 is 0 Å². The molecule has 3 rings (SSSR count). The molecular weight excluding hydrogens is 382 g/mol. The van der Waals surface area contributed by atoms with Gasteiger partial charge >= 0.3 is 0 Å². The zero-order valence-electron chi connectivity index (χ0n) is 19.3. The number of hydrogen-bond donors (Lipinski definition) is 1. The molecule has 0 amide bonds. The van der Waals surface area contributed by atoms with Gasteiger partial charge < -0.3 is 5.11 Å². The van der Waals surface area contributed by atoms with Gasteiger partial charge in [0.25, 0.3) is 0 Å². The fraction of sp³-hybridized carbons (Fsp3) is 0.536. The summed E-state index contributed by atoms with van der Waals surface area (Å²) in [6, 6.07) is 18.0. The lowest BCUT2D eigenvalue weighted by Crippen LogP contribution is -2.37. The average Bonchev–Trinajstić information content (AvgIpc) is 3.06. The number of likely N-dealkylation sites (N-methyl/N-ethyl adjacent to an activating group) is 1. The summed E-state index contributed by atoms with van der Waals surface area (Å²) in [4.78, 5) is 15.0. The Kier molecular flexibility index (Phi) is 9.30. The Bertz CT molecular complexity index is 786. The summed E-state index contributed by atoms with van der Waals surface area (Å²) in [6.45, 7) is 2.26. The molecule has 0 spiro atoms. The number of rotatable bonds is 12. The van der Waals surface area contributed by atoms with E-state index in [0.29, 0.717) is 11.6 Å². The lowest BCUT2D eigenvalue weighted by Gasteiger charge is -2.26. The third kappa shape index (κ3) is 6.75. The van der Waals surface area contributed by atoms with Crippen molar-refractivity contribution in [2.45, 2.75) is 89.3 Å². The van der Waals surface area contributed by atoms with Gasteiger partial charge in [0.1, 0.15) is 0 Å². The Labute approximate surface area is 188 Å². The molecule has 3 heteroatoms. The summed E-state index contributed by atoms with van der Waals surface area (Å²) in [6.07, 6.45) is 11.9. The van der Waals surface area contributed by atoms with Crippen molar-refractivity contribution in [2.24, 2.45) is 0 Å². The van der Waals surface area contributed by atoms with Crippen molar-refractivity contribution in [3.05, 3.63) is 71.3 Å². The van der Waals surface area contributed by atoms with Crippen LogP contribution in [0.25, 0.3) is 0 Å². The monoisotopic (exact) mass is 421 g/mol. The van der Waals surface area contributed by atoms with Crippen molar-refractivity contribution in [2.75, 3.05) is 7.05 Å². The van der Waals surface area contributed by atoms with Crippen LogP contribution < -0.4 is 0 Å². The van der Waals surface area contributed by atoms with Crippen molar-refractivity contribution in [3.8, 4) is 0 Å². The van der Waals surface area contributed by atoms with Crippen LogP contribution in [-0.4, -0.2) is 41.0 Å². The lowest BCUT2D eigenvalue weighted by molar-refractivity contribution is 0.103. The van der Waals surface area contributed by atoms with Gasteiger partial charge in [0.15, 0.2) is 5.78 Å². The number of unbranched alkanes of at least 4 members (excludes halogenated alkanes) is 6. The molecule has 2 aromatic rings. The Morgan fingerprint density at radius 1 is 0.903 bits per heavy atom. The maximum Gasteiger partial charge on any atom is 0.193 e. The molecule has 1 aliphatic rings. The van der Waals surface area contributed by atoms with E-state index in [2.05, 4.69) is 18.9 Å². The minimum Gasteiger partial charge on any atom is -0.391 e. The first-order valence-corrected chi connectivity index (χ1v) is 12.2. The van der Waals surface area contributed by atoms with Crippen LogP contribution in [0.2, 0.25) is 0 Å². The second-order valence-electron chi connectivity index (χ2n) is 9.20. The maximum atomic E-state index is 12.6. The van der Waals surface area contributed by atoms with Crippen molar-refractivity contribution >= 4 is 5.78 Å². The Morgan fingerprint density at radius 3 is 2.19 bits per heavy atom. The highest BCUT2D eigenvalue weighted by Crippen LogP contribution is 2.29. The van der Waals surface area contributed by atoms with Crippen molar-refractivity contribution in [1.29, 1.82) is 0 Å². The van der Waals surface area contributed by atoms with E-state index >= 15 is 0 Å². The summed E-state index contributed by atoms with van der Waals surface area (Å²) in [5, 5.41) is 10.7. The molecule has 0 radical (unpaired) electrons. The van der Waals surface area contributed by atoms with Crippen molar-refractivity contribution in [1.82, 2.24) is 4.90 Å². The predicted molar refractivity (Wildman–Crippen MR) is 129 cm³/mol. The summed E-state index contributed by atoms with van der Waals surface area (Å²) in [7, 11) is 2.17. The number of benzene rings is 2. The number of carbonyl (C=O) groups is 1. The lowest BCUT2D eigenvalue weighted by atomic mass is 9.98. The predicted octanol–water partition coefficient (Wildman–Crippen LogP) is 6.03. The molecule has 3 atom stereocenters. The smallest absolute Gasteiger partial charge is 0.193 e. The van der Waals surface area contributed by atoms with Gasteiger partial charge in [0, 0.05) is 23.2 Å². The van der Waals surface area contributed by atoms with E-state index in [1.165, 1.54) is 56.9 Å². The van der Waals surface area contributed by atoms with Gasteiger partial charge in [-0.15, -0.1) is 0 Å². The number of ketones is 1. The van der Waals surface area contributed by atoms with Crippen LogP contribution in [0.1, 0.15) is 86.2 Å². The Morgan fingerprint density at radius 2 is 1.52 bits per heavy atom. The first-order chi connectivity index (χ1) is 15.1. The van der Waals surface area contributed by atoms with Gasteiger partial charge in [-0.2, -0.15) is 0 Å². The van der Waals surface area contributed by atoms with Gasteiger partial charge in [0.05, 0.1) is 6.10 Å². The minimum absolute atomic E-state index is 0.0555. The maximum absolute atomic E-state index is 12.6. The third-order valence-electron chi connectivity index (χ3n) is 6.89. The molecule has 1 saturated heterocycles. The van der Waals surface area contributed by atoms with Crippen LogP contribution in [0.5, 0.6) is 0 Å². The normalized spacial score (nSPS) is 21.5. The summed E-state index contributed by atoms with van der Waals surface area (Å²) < 4.78 is 0. The van der Waals surface area contributed by atoms with Crippen molar-refractivity contribution in [3.63, 3.8) is 0 Å². The highest BCUT2D eigenvalue weighted by Gasteiger charge is 2.37. The standard InChI is InChI=1S/C28H39NO2/c1-3-4-5-6-7-8-12-15-25-21-27(30)26(29(25)2)20-22-16-18-24(19-17-22)28(31)23-13-10-9-11-14-23/h9-11,13-14,16-19,25-27,30H,3-8,12,15,20-21H2,1-2H3/t25-,26+,27+/m1/s1. The van der Waals surface area contributed by atoms with E-state index in [9.17, 15) is 9.90 Å². The molecule has 3 nitrogen and oxygen atoms in total. The van der Waals surface area contributed by atoms with E-state index in [-0.39, 0.29) is 17.9 Å². The Balaban J connectivity index is 1.47.